The van der Waals surface area contributed by atoms with Crippen LogP contribution in [-0.2, 0) is 14.8 Å². The minimum absolute atomic E-state index is 0.0854. The van der Waals surface area contributed by atoms with Gasteiger partial charge in [0.05, 0.1) is 11.4 Å². The zero-order valence-corrected chi connectivity index (χ0v) is 16.8. The van der Waals surface area contributed by atoms with Gasteiger partial charge in [-0.25, -0.2) is 8.42 Å². The summed E-state index contributed by atoms with van der Waals surface area (Å²) < 4.78 is 26.7. The third-order valence-electron chi connectivity index (χ3n) is 4.28. The van der Waals surface area contributed by atoms with Crippen molar-refractivity contribution in [2.45, 2.75) is 4.90 Å². The van der Waals surface area contributed by atoms with Crippen molar-refractivity contribution in [1.82, 2.24) is 9.21 Å². The molecule has 1 N–H and O–H groups in total. The van der Waals surface area contributed by atoms with Gasteiger partial charge in [0.25, 0.3) is 0 Å². The topological polar surface area (TPSA) is 69.7 Å². The van der Waals surface area contributed by atoms with E-state index in [2.05, 4.69) is 5.32 Å². The van der Waals surface area contributed by atoms with Crippen LogP contribution in [0.1, 0.15) is 0 Å². The van der Waals surface area contributed by atoms with Gasteiger partial charge < -0.3 is 10.2 Å². The number of nitrogens with one attached hydrogen (secondary N) is 1. The normalized spacial score (nSPS) is 15.6. The van der Waals surface area contributed by atoms with Crippen LogP contribution < -0.4 is 5.32 Å². The van der Waals surface area contributed by atoms with Gasteiger partial charge in [-0.1, -0.05) is 41.4 Å². The molecular weight excluding hydrogens is 409 g/mol. The van der Waals surface area contributed by atoms with Crippen molar-refractivity contribution in [2.75, 3.05) is 38.0 Å². The predicted octanol–water partition coefficient (Wildman–Crippen LogP) is 2.94. The summed E-state index contributed by atoms with van der Waals surface area (Å²) >= 11 is 11.9. The Kier molecular flexibility index (Phi) is 6.26. The Morgan fingerprint density at radius 3 is 2.15 bits per heavy atom. The summed E-state index contributed by atoms with van der Waals surface area (Å²) in [6, 6.07) is 13.3. The van der Waals surface area contributed by atoms with Crippen molar-refractivity contribution >= 4 is 44.8 Å². The summed E-state index contributed by atoms with van der Waals surface area (Å²) in [6.45, 7) is 1.33. The molecule has 0 bridgehead atoms. The standard InChI is InChI=1S/C18H19Cl2N3O3S/c19-14-10-15(20)12-16(11-14)21-13-18(24)22-6-8-23(9-7-22)27(25,26)17-4-2-1-3-5-17/h1-5,10-12,21H,6-9,13H2. The Morgan fingerprint density at radius 2 is 1.56 bits per heavy atom. The Morgan fingerprint density at radius 1 is 0.963 bits per heavy atom. The van der Waals surface area contributed by atoms with Gasteiger partial charge in [-0.15, -0.1) is 0 Å². The smallest absolute Gasteiger partial charge is 0.243 e. The highest BCUT2D eigenvalue weighted by atomic mass is 35.5. The van der Waals surface area contributed by atoms with Crippen LogP contribution in [0.5, 0.6) is 0 Å². The van der Waals surface area contributed by atoms with E-state index in [0.29, 0.717) is 28.8 Å². The van der Waals surface area contributed by atoms with E-state index in [1.54, 1.807) is 53.4 Å². The van der Waals surface area contributed by atoms with E-state index >= 15 is 0 Å². The molecule has 0 radical (unpaired) electrons. The lowest BCUT2D eigenvalue weighted by Crippen LogP contribution is -2.51. The number of sulfonamides is 1. The van der Waals surface area contributed by atoms with Crippen molar-refractivity contribution < 1.29 is 13.2 Å². The molecule has 1 heterocycles. The van der Waals surface area contributed by atoms with E-state index in [0.717, 1.165) is 0 Å². The molecule has 0 unspecified atom stereocenters. The van der Waals surface area contributed by atoms with Crippen LogP contribution in [0.2, 0.25) is 10.0 Å². The van der Waals surface area contributed by atoms with Gasteiger partial charge >= 0.3 is 0 Å². The summed E-state index contributed by atoms with van der Waals surface area (Å²) in [6.07, 6.45) is 0. The molecule has 1 aliphatic rings. The Bertz CT molecular complexity index is 894. The molecule has 1 fully saturated rings. The molecule has 0 spiro atoms. The highest BCUT2D eigenvalue weighted by molar-refractivity contribution is 7.89. The summed E-state index contributed by atoms with van der Waals surface area (Å²) in [5, 5.41) is 3.97. The second kappa shape index (κ2) is 8.48. The number of nitrogens with zero attached hydrogens (tertiary/aromatic N) is 2. The molecular formula is C18H19Cl2N3O3S. The number of anilines is 1. The van der Waals surface area contributed by atoms with Gasteiger partial charge in [-0.05, 0) is 30.3 Å². The van der Waals surface area contributed by atoms with Crippen molar-refractivity contribution in [2.24, 2.45) is 0 Å². The van der Waals surface area contributed by atoms with Gasteiger partial charge in [0.2, 0.25) is 15.9 Å². The third-order valence-corrected chi connectivity index (χ3v) is 6.63. The number of piperazine rings is 1. The first-order chi connectivity index (χ1) is 12.9. The molecule has 2 aromatic carbocycles. The summed E-state index contributed by atoms with van der Waals surface area (Å²) in [4.78, 5) is 14.3. The molecule has 0 saturated carbocycles. The van der Waals surface area contributed by atoms with E-state index in [9.17, 15) is 13.2 Å². The number of amides is 1. The van der Waals surface area contributed by atoms with Crippen LogP contribution >= 0.6 is 23.2 Å². The molecule has 0 atom stereocenters. The highest BCUT2D eigenvalue weighted by Gasteiger charge is 2.29. The monoisotopic (exact) mass is 427 g/mol. The minimum Gasteiger partial charge on any atom is -0.376 e. The van der Waals surface area contributed by atoms with Gasteiger partial charge in [-0.2, -0.15) is 4.31 Å². The minimum atomic E-state index is -3.53. The number of halogens is 2. The third kappa shape index (κ3) is 4.93. The fraction of sp³-hybridized carbons (Fsp3) is 0.278. The molecule has 1 aliphatic heterocycles. The molecule has 144 valence electrons. The van der Waals surface area contributed by atoms with Crippen LogP contribution in [0, 0.1) is 0 Å². The maximum absolute atomic E-state index is 12.6. The Labute approximate surface area is 168 Å². The second-order valence-electron chi connectivity index (χ2n) is 6.11. The fourth-order valence-corrected chi connectivity index (χ4v) is 4.83. The summed E-state index contributed by atoms with van der Waals surface area (Å²) in [5.74, 6) is -0.108. The van der Waals surface area contributed by atoms with E-state index in [-0.39, 0.29) is 30.4 Å². The number of hydrogen-bond donors (Lipinski definition) is 1. The average Bonchev–Trinajstić information content (AvgIpc) is 2.66. The number of benzene rings is 2. The fourth-order valence-electron chi connectivity index (χ4n) is 2.86. The number of carbonyl (C=O) groups excluding carboxylic acids is 1. The lowest BCUT2D eigenvalue weighted by molar-refractivity contribution is -0.130. The van der Waals surface area contributed by atoms with E-state index in [4.69, 9.17) is 23.2 Å². The Hall–Kier alpha value is -1.80. The highest BCUT2D eigenvalue weighted by Crippen LogP contribution is 2.22. The average molecular weight is 428 g/mol. The number of hydrogen-bond acceptors (Lipinski definition) is 4. The second-order valence-corrected chi connectivity index (χ2v) is 8.92. The lowest BCUT2D eigenvalue weighted by Gasteiger charge is -2.34. The van der Waals surface area contributed by atoms with Crippen molar-refractivity contribution in [3.63, 3.8) is 0 Å². The predicted molar refractivity (Wildman–Crippen MR) is 107 cm³/mol. The van der Waals surface area contributed by atoms with Crippen LogP contribution in [-0.4, -0.2) is 56.3 Å². The largest absolute Gasteiger partial charge is 0.376 e. The molecule has 9 heteroatoms. The van der Waals surface area contributed by atoms with Crippen molar-refractivity contribution in [1.29, 1.82) is 0 Å². The molecule has 3 rings (SSSR count). The first kappa shape index (κ1) is 19.9. The molecule has 27 heavy (non-hydrogen) atoms. The first-order valence-corrected chi connectivity index (χ1v) is 10.6. The summed E-state index contributed by atoms with van der Waals surface area (Å²) in [7, 11) is -3.53. The number of rotatable bonds is 5. The van der Waals surface area contributed by atoms with E-state index < -0.39 is 10.0 Å². The van der Waals surface area contributed by atoms with Gasteiger partial charge in [0, 0.05) is 41.9 Å². The SMILES string of the molecule is O=C(CNc1cc(Cl)cc(Cl)c1)N1CCN(S(=O)(=O)c2ccccc2)CC1. The van der Waals surface area contributed by atoms with Crippen molar-refractivity contribution in [3.8, 4) is 0 Å². The van der Waals surface area contributed by atoms with E-state index in [1.165, 1.54) is 4.31 Å². The molecule has 1 amide bonds. The molecule has 0 aromatic heterocycles. The van der Waals surface area contributed by atoms with Crippen molar-refractivity contribution in [3.05, 3.63) is 58.6 Å². The zero-order chi connectivity index (χ0) is 19.4. The quantitative estimate of drug-likeness (QED) is 0.795. The van der Waals surface area contributed by atoms with Crippen LogP contribution in [0.3, 0.4) is 0 Å². The van der Waals surface area contributed by atoms with Gasteiger partial charge in [0.1, 0.15) is 0 Å². The molecule has 0 aliphatic carbocycles. The van der Waals surface area contributed by atoms with E-state index in [1.807, 2.05) is 0 Å². The van der Waals surface area contributed by atoms with Crippen LogP contribution in [0.25, 0.3) is 0 Å². The maximum atomic E-state index is 12.6. The Balaban J connectivity index is 1.55. The van der Waals surface area contributed by atoms with Crippen LogP contribution in [0.4, 0.5) is 5.69 Å². The van der Waals surface area contributed by atoms with Gasteiger partial charge in [-0.3, -0.25) is 4.79 Å². The number of carbonyl (C=O) groups is 1. The molecule has 6 nitrogen and oxygen atoms in total. The summed E-state index contributed by atoms with van der Waals surface area (Å²) in [5.41, 5.74) is 0.658. The maximum Gasteiger partial charge on any atom is 0.243 e. The zero-order valence-electron chi connectivity index (χ0n) is 14.4. The molecule has 2 aromatic rings. The van der Waals surface area contributed by atoms with Gasteiger partial charge in [0.15, 0.2) is 0 Å². The first-order valence-electron chi connectivity index (χ1n) is 8.39. The molecule has 1 saturated heterocycles. The van der Waals surface area contributed by atoms with Crippen LogP contribution in [0.15, 0.2) is 53.4 Å². The lowest BCUT2D eigenvalue weighted by atomic mass is 10.3.